The molecule has 5 N–H and O–H groups in total. The summed E-state index contributed by atoms with van der Waals surface area (Å²) in [4.78, 5) is 48.9. The Labute approximate surface area is 391 Å². The molecular formula is C45H75N19O2. The summed E-state index contributed by atoms with van der Waals surface area (Å²) < 4.78 is 0. The van der Waals surface area contributed by atoms with Gasteiger partial charge >= 0.3 is 0 Å². The molecule has 16 saturated heterocycles. The molecule has 66 heavy (non-hydrogen) atoms. The van der Waals surface area contributed by atoms with E-state index in [1.54, 1.807) is 0 Å². The molecule has 362 valence electrons. The number of nitrogens with two attached hydrogens (primary N) is 2. The number of rotatable bonds is 3. The number of hydrogen-bond acceptors (Lipinski definition) is 19. The van der Waals surface area contributed by atoms with Crippen molar-refractivity contribution in [2.75, 3.05) is 172 Å². The zero-order valence-electron chi connectivity index (χ0n) is 39.3. The van der Waals surface area contributed by atoms with Gasteiger partial charge < -0.3 is 11.5 Å². The van der Waals surface area contributed by atoms with Crippen LogP contribution in [-0.4, -0.2) is 268 Å². The van der Waals surface area contributed by atoms with Crippen molar-refractivity contribution in [2.24, 2.45) is 11.5 Å². The van der Waals surface area contributed by atoms with Crippen LogP contribution in [0.25, 0.3) is 0 Å². The SMILES string of the molecule is C1N2CN3CN1CN(C2)C3.Cc1ccc(C2N3CCCN2CC3)cc1.N=CN.NC12CN3CN(CN(C3)C1)C2.O=[N+]([O-])C12CN3CN(CN(C3)C1)C2.c1cc(C2N3CCCN2CC3)ccn1. The number of hydrogen-bond donors (Lipinski definition) is 3. The van der Waals surface area contributed by atoms with E-state index < -0.39 is 5.54 Å². The maximum Gasteiger partial charge on any atom is 0.259 e. The van der Waals surface area contributed by atoms with E-state index in [4.69, 9.17) is 11.1 Å². The lowest BCUT2D eigenvalue weighted by molar-refractivity contribution is -0.587. The molecule has 21 nitrogen and oxygen atoms in total. The fourth-order valence-corrected chi connectivity index (χ4v) is 13.3. The van der Waals surface area contributed by atoms with Crippen LogP contribution in [0, 0.1) is 22.4 Å². The number of aryl methyl sites for hydroxylation is 1. The number of benzene rings is 1. The molecule has 4 unspecified atom stereocenters. The molecule has 16 bridgehead atoms. The quantitative estimate of drug-likeness (QED) is 0.147. The first-order valence-corrected chi connectivity index (χ1v) is 24.3. The molecule has 2 aromatic rings. The number of nitrogens with zero attached hydrogens (tertiary/aromatic N) is 16. The van der Waals surface area contributed by atoms with Crippen LogP contribution in [0.4, 0.5) is 0 Å². The Morgan fingerprint density at radius 1 is 0.545 bits per heavy atom. The van der Waals surface area contributed by atoms with Gasteiger partial charge in [0.15, 0.2) is 0 Å². The molecule has 1 aromatic heterocycles. The van der Waals surface area contributed by atoms with Crippen LogP contribution in [0.3, 0.4) is 0 Å². The monoisotopic (exact) mass is 914 g/mol. The van der Waals surface area contributed by atoms with E-state index >= 15 is 0 Å². The number of pyridine rings is 1. The molecule has 0 radical (unpaired) electrons. The summed E-state index contributed by atoms with van der Waals surface area (Å²) >= 11 is 0. The maximum atomic E-state index is 11.0. The zero-order chi connectivity index (χ0) is 45.4. The second kappa shape index (κ2) is 19.9. The average molecular weight is 914 g/mol. The number of nitro groups is 1. The van der Waals surface area contributed by atoms with Crippen molar-refractivity contribution in [3.8, 4) is 0 Å². The summed E-state index contributed by atoms with van der Waals surface area (Å²) in [6, 6.07) is 13.3. The number of aromatic nitrogens is 1. The molecule has 0 spiro atoms. The van der Waals surface area contributed by atoms with E-state index in [9.17, 15) is 10.1 Å². The molecule has 0 aliphatic carbocycles. The minimum Gasteiger partial charge on any atom is -0.390 e. The molecule has 16 aliphatic rings. The largest absolute Gasteiger partial charge is 0.390 e. The summed E-state index contributed by atoms with van der Waals surface area (Å²) in [5.41, 5.74) is 14.2. The summed E-state index contributed by atoms with van der Waals surface area (Å²) in [5, 5.41) is 16.8. The van der Waals surface area contributed by atoms with Crippen molar-refractivity contribution < 1.29 is 4.92 Å². The predicted molar refractivity (Wildman–Crippen MR) is 252 cm³/mol. The molecule has 18 rings (SSSR count). The van der Waals surface area contributed by atoms with Crippen LogP contribution in [0.1, 0.15) is 41.9 Å². The Hall–Kier alpha value is -3.36. The Morgan fingerprint density at radius 2 is 0.848 bits per heavy atom. The van der Waals surface area contributed by atoms with Gasteiger partial charge in [-0.05, 0) is 43.0 Å². The van der Waals surface area contributed by atoms with E-state index in [2.05, 4.69) is 123 Å². The molecule has 17 heterocycles. The highest BCUT2D eigenvalue weighted by Crippen LogP contribution is 2.35. The average Bonchev–Trinajstić information content (AvgIpc) is 3.67. The van der Waals surface area contributed by atoms with Crippen LogP contribution < -0.4 is 11.5 Å². The molecule has 1 aromatic carbocycles. The van der Waals surface area contributed by atoms with Crippen molar-refractivity contribution in [3.05, 3.63) is 75.6 Å². The summed E-state index contributed by atoms with van der Waals surface area (Å²) in [6.07, 6.45) is 8.30. The van der Waals surface area contributed by atoms with Crippen LogP contribution in [0.15, 0.2) is 48.8 Å². The summed E-state index contributed by atoms with van der Waals surface area (Å²) in [6.45, 7) is 30.6. The molecule has 0 saturated carbocycles. The zero-order valence-corrected chi connectivity index (χ0v) is 39.3. The van der Waals surface area contributed by atoms with E-state index in [-0.39, 0.29) is 10.5 Å². The number of nitrogens with one attached hydrogen (secondary N) is 1. The maximum absolute atomic E-state index is 11.0. The predicted octanol–water partition coefficient (Wildman–Crippen LogP) is -1.03. The van der Waals surface area contributed by atoms with Crippen molar-refractivity contribution in [1.82, 2.24) is 73.6 Å². The highest BCUT2D eigenvalue weighted by atomic mass is 16.6. The topological polar surface area (TPSA) is 177 Å². The second-order valence-electron chi connectivity index (χ2n) is 21.2. The molecule has 0 amide bonds. The van der Waals surface area contributed by atoms with Crippen LogP contribution >= 0.6 is 0 Å². The van der Waals surface area contributed by atoms with Crippen molar-refractivity contribution >= 4 is 6.34 Å². The van der Waals surface area contributed by atoms with Gasteiger partial charge in [-0.15, -0.1) is 0 Å². The van der Waals surface area contributed by atoms with Crippen LogP contribution in [-0.2, 0) is 0 Å². The Kier molecular flexibility index (Phi) is 14.0. The Balaban J connectivity index is 0.0000000959. The highest BCUT2D eigenvalue weighted by molar-refractivity contribution is 5.46. The first-order valence-electron chi connectivity index (χ1n) is 24.3. The van der Waals surface area contributed by atoms with Gasteiger partial charge in [-0.2, -0.15) is 0 Å². The molecule has 21 heteroatoms. The normalized spacial score (nSPS) is 44.7. The summed E-state index contributed by atoms with van der Waals surface area (Å²) in [7, 11) is 0. The lowest BCUT2D eigenvalue weighted by atomic mass is 9.92. The first kappa shape index (κ1) is 46.4. The van der Waals surface area contributed by atoms with Gasteiger partial charge in [-0.3, -0.25) is 89.1 Å². The third-order valence-corrected chi connectivity index (χ3v) is 15.2. The first-order chi connectivity index (χ1) is 32.0. The minimum atomic E-state index is -0.700. The Bertz CT molecular complexity index is 1790. The van der Waals surface area contributed by atoms with Gasteiger partial charge in [0, 0.05) is 89.3 Å². The van der Waals surface area contributed by atoms with E-state index in [0.717, 1.165) is 66.0 Å². The van der Waals surface area contributed by atoms with Gasteiger partial charge in [0.2, 0.25) is 0 Å². The van der Waals surface area contributed by atoms with Gasteiger partial charge in [-0.1, -0.05) is 29.8 Å². The number of fused-ring (bicyclic) bond motifs is 4. The molecule has 4 atom stereocenters. The molecule has 16 fully saturated rings. The standard InChI is InChI=1S/C13H18N2.C11H15N3.C7H12N4O2.C7H14N4.C6H12N4.CH4N2/c1-11-3-5-12(6-4-11)13-14-7-2-8-15(13)10-9-14;1-6-13-8-9-14(7-1)11(13)10-2-4-12-5-3-10;12-11(13)7-1-8-4-9(2-7)6-10(3-7)5-8;8-7-1-9-4-10(2-7)6-11(3-7)5-9;1-7-2-9-4-8(1)5-10(3-7)6-9;2-1-3/h3-6,13H,2,7-10H2,1H3;2-5,11H,1,6-9H2;1-6H2;1-6,8H2;1-6H2;1H,(H3,2,3). The second-order valence-corrected chi connectivity index (χ2v) is 21.2. The highest BCUT2D eigenvalue weighted by Gasteiger charge is 2.57. The van der Waals surface area contributed by atoms with Gasteiger partial charge in [0.05, 0.1) is 124 Å². The third-order valence-electron chi connectivity index (χ3n) is 15.2. The van der Waals surface area contributed by atoms with Gasteiger partial charge in [0.1, 0.15) is 0 Å². The van der Waals surface area contributed by atoms with Crippen molar-refractivity contribution in [2.45, 2.75) is 43.2 Å². The van der Waals surface area contributed by atoms with E-state index in [1.165, 1.54) is 122 Å². The fourth-order valence-electron chi connectivity index (χ4n) is 13.3. The summed E-state index contributed by atoms with van der Waals surface area (Å²) in [5.74, 6) is 0. The minimum absolute atomic E-state index is 0.0781. The fraction of sp³-hybridized carbons (Fsp3) is 0.733. The van der Waals surface area contributed by atoms with Gasteiger partial charge in [0.25, 0.3) is 5.54 Å². The molecule has 16 aliphatic heterocycles. The Morgan fingerprint density at radius 3 is 1.17 bits per heavy atom. The van der Waals surface area contributed by atoms with Crippen LogP contribution in [0.2, 0.25) is 0 Å². The lowest BCUT2D eigenvalue weighted by Crippen LogP contribution is -2.78. The van der Waals surface area contributed by atoms with E-state index in [0.29, 0.717) is 32.0 Å². The smallest absolute Gasteiger partial charge is 0.259 e. The van der Waals surface area contributed by atoms with Crippen molar-refractivity contribution in [1.29, 1.82) is 5.41 Å². The third kappa shape index (κ3) is 10.3. The van der Waals surface area contributed by atoms with Gasteiger partial charge in [-0.25, -0.2) is 0 Å². The van der Waals surface area contributed by atoms with Crippen molar-refractivity contribution in [3.63, 3.8) is 0 Å². The van der Waals surface area contributed by atoms with E-state index in [1.807, 2.05) is 12.4 Å². The lowest BCUT2D eigenvalue weighted by Gasteiger charge is -2.59. The van der Waals surface area contributed by atoms with Crippen LogP contribution in [0.5, 0.6) is 0 Å². The molecular weight excluding hydrogens is 839 g/mol.